The van der Waals surface area contributed by atoms with Gasteiger partial charge in [-0.05, 0) is 38.5 Å². The third-order valence-corrected chi connectivity index (χ3v) is 9.94. The second-order valence-electron chi connectivity index (χ2n) is 15.4. The van der Waals surface area contributed by atoms with Crippen LogP contribution >= 0.6 is 0 Å². The Labute approximate surface area is 326 Å². The number of hydrogen-bond donors (Lipinski definition) is 1. The number of halogens is 3. The Hall–Kier alpha value is -2.30. The number of esters is 2. The van der Waals surface area contributed by atoms with Gasteiger partial charge in [0.1, 0.15) is 13.2 Å². The Bertz CT molecular complexity index is 958. The first-order valence-corrected chi connectivity index (χ1v) is 21.8. The van der Waals surface area contributed by atoms with Crippen molar-refractivity contribution in [3.05, 3.63) is 12.2 Å². The van der Waals surface area contributed by atoms with E-state index in [9.17, 15) is 27.6 Å². The molecule has 316 valence electrons. The highest BCUT2D eigenvalue weighted by Crippen LogP contribution is 2.20. The molecule has 0 saturated carbocycles. The van der Waals surface area contributed by atoms with Crippen LogP contribution in [0, 0.1) is 0 Å². The zero-order valence-corrected chi connectivity index (χ0v) is 34.2. The van der Waals surface area contributed by atoms with Gasteiger partial charge in [-0.2, -0.15) is 13.2 Å². The maximum absolute atomic E-state index is 12.6. The van der Waals surface area contributed by atoms with Crippen molar-refractivity contribution in [2.24, 2.45) is 0 Å². The van der Waals surface area contributed by atoms with Crippen molar-refractivity contribution >= 4 is 18.0 Å². The molecule has 0 bridgehead atoms. The van der Waals surface area contributed by atoms with E-state index in [1.54, 1.807) is 0 Å². The maximum atomic E-state index is 12.6. The minimum Gasteiger partial charge on any atom is -0.462 e. The van der Waals surface area contributed by atoms with Crippen LogP contribution in [0.2, 0.25) is 0 Å². The van der Waals surface area contributed by atoms with Gasteiger partial charge in [0, 0.05) is 25.9 Å². The number of nitrogens with zero attached hydrogens (tertiary/aromatic N) is 1. The quantitative estimate of drug-likeness (QED) is 0.0293. The number of rotatable bonds is 36. The van der Waals surface area contributed by atoms with Crippen molar-refractivity contribution in [1.82, 2.24) is 10.2 Å². The maximum Gasteiger partial charge on any atom is 0.407 e. The molecule has 1 unspecified atom stereocenters. The summed E-state index contributed by atoms with van der Waals surface area (Å²) >= 11 is 0. The Morgan fingerprint density at radius 3 is 1.37 bits per heavy atom. The predicted molar refractivity (Wildman–Crippen MR) is 211 cm³/mol. The summed E-state index contributed by atoms with van der Waals surface area (Å²) in [6.45, 7) is 3.01. The summed E-state index contributed by atoms with van der Waals surface area (Å²) in [6.07, 6.45) is 29.6. The van der Waals surface area contributed by atoms with Gasteiger partial charge < -0.3 is 19.5 Å². The van der Waals surface area contributed by atoms with Crippen LogP contribution in [0.1, 0.15) is 194 Å². The standard InChI is InChI=1S/C43H77F3N2O6/c1-3-5-7-9-11-13-15-17-18-20-22-24-26-28-30-32-41(50)53-36-39(54-42(51)47-38-33-48(34-38)37-43(44,45)46)35-52-40(49)31-29-27-25-23-21-19-16-14-12-10-8-6-4-2/h17-18,38-39H,3-16,19-37H2,1-2H3,(H,47,51)/b18-17-. The van der Waals surface area contributed by atoms with E-state index in [0.717, 1.165) is 57.8 Å². The number of carbonyl (C=O) groups excluding carboxylic acids is 3. The van der Waals surface area contributed by atoms with Gasteiger partial charge in [-0.25, -0.2) is 4.79 Å². The summed E-state index contributed by atoms with van der Waals surface area (Å²) in [6, 6.07) is -0.484. The highest BCUT2D eigenvalue weighted by Gasteiger charge is 2.38. The summed E-state index contributed by atoms with van der Waals surface area (Å²) in [5, 5.41) is 2.55. The highest BCUT2D eigenvalue weighted by atomic mass is 19.4. The fourth-order valence-corrected chi connectivity index (χ4v) is 6.66. The number of unbranched alkanes of at least 4 members (excludes halogenated alkanes) is 23. The molecule has 0 aromatic rings. The highest BCUT2D eigenvalue weighted by molar-refractivity contribution is 5.70. The van der Waals surface area contributed by atoms with Crippen molar-refractivity contribution in [1.29, 1.82) is 0 Å². The number of likely N-dealkylation sites (tertiary alicyclic amines) is 1. The molecule has 0 aliphatic carbocycles. The number of allylic oxidation sites excluding steroid dienone is 2. The van der Waals surface area contributed by atoms with Crippen LogP contribution in [0.4, 0.5) is 18.0 Å². The van der Waals surface area contributed by atoms with Crippen molar-refractivity contribution in [2.45, 2.75) is 212 Å². The number of alkyl halides is 3. The predicted octanol–water partition coefficient (Wildman–Crippen LogP) is 11.9. The Balaban J connectivity index is 2.27. The van der Waals surface area contributed by atoms with Crippen LogP contribution in [-0.2, 0) is 23.8 Å². The number of hydrogen-bond acceptors (Lipinski definition) is 7. The van der Waals surface area contributed by atoms with E-state index < -0.39 is 42.9 Å². The number of alkyl carbamates (subject to hydrolysis) is 1. The second kappa shape index (κ2) is 34.0. The summed E-state index contributed by atoms with van der Waals surface area (Å²) < 4.78 is 54.0. The molecule has 1 aliphatic rings. The molecule has 11 heteroatoms. The SMILES string of the molecule is CCCCCCCC/C=C\CCCCCCCC(=O)OCC(COC(=O)CCCCCCCCCCCCCCC)OC(=O)NC1CN(CC(F)(F)F)C1. The molecular weight excluding hydrogens is 697 g/mol. The first-order valence-electron chi connectivity index (χ1n) is 21.8. The molecule has 1 atom stereocenters. The molecular formula is C43H77F3N2O6. The summed E-state index contributed by atoms with van der Waals surface area (Å²) in [7, 11) is 0. The summed E-state index contributed by atoms with van der Waals surface area (Å²) in [4.78, 5) is 38.6. The fourth-order valence-electron chi connectivity index (χ4n) is 6.66. The molecule has 1 aliphatic heterocycles. The van der Waals surface area contributed by atoms with E-state index in [4.69, 9.17) is 14.2 Å². The van der Waals surface area contributed by atoms with Crippen LogP contribution in [0.15, 0.2) is 12.2 Å². The lowest BCUT2D eigenvalue weighted by molar-refractivity contribution is -0.156. The molecule has 0 aromatic heterocycles. The number of nitrogens with one attached hydrogen (secondary N) is 1. The third kappa shape index (κ3) is 32.0. The second-order valence-corrected chi connectivity index (χ2v) is 15.4. The lowest BCUT2D eigenvalue weighted by Crippen LogP contribution is -2.61. The average molecular weight is 775 g/mol. The summed E-state index contributed by atoms with van der Waals surface area (Å²) in [5.74, 6) is -0.824. The van der Waals surface area contributed by atoms with Crippen LogP contribution in [-0.4, -0.2) is 74.1 Å². The van der Waals surface area contributed by atoms with E-state index in [1.807, 2.05) is 0 Å². The lowest BCUT2D eigenvalue weighted by atomic mass is 10.0. The molecule has 1 heterocycles. The van der Waals surface area contributed by atoms with E-state index >= 15 is 0 Å². The van der Waals surface area contributed by atoms with Gasteiger partial charge in [0.05, 0.1) is 12.6 Å². The van der Waals surface area contributed by atoms with Crippen LogP contribution in [0.5, 0.6) is 0 Å². The first-order chi connectivity index (χ1) is 26.1. The molecule has 1 rings (SSSR count). The zero-order valence-electron chi connectivity index (χ0n) is 34.2. The topological polar surface area (TPSA) is 94.2 Å². The van der Waals surface area contributed by atoms with Gasteiger partial charge in [-0.1, -0.05) is 154 Å². The first kappa shape index (κ1) is 49.7. The van der Waals surface area contributed by atoms with Crippen molar-refractivity contribution in [2.75, 3.05) is 32.8 Å². The molecule has 0 radical (unpaired) electrons. The number of amides is 1. The van der Waals surface area contributed by atoms with Gasteiger partial charge in [-0.15, -0.1) is 0 Å². The average Bonchev–Trinajstić information content (AvgIpc) is 3.11. The van der Waals surface area contributed by atoms with Crippen molar-refractivity contribution in [3.8, 4) is 0 Å². The molecule has 1 amide bonds. The molecule has 8 nitrogen and oxygen atoms in total. The minimum absolute atomic E-state index is 0.0539. The minimum atomic E-state index is -4.30. The molecule has 1 fully saturated rings. The fraction of sp³-hybridized carbons (Fsp3) is 0.884. The van der Waals surface area contributed by atoms with Crippen LogP contribution in [0.3, 0.4) is 0 Å². The monoisotopic (exact) mass is 775 g/mol. The van der Waals surface area contributed by atoms with Gasteiger partial charge in [0.25, 0.3) is 0 Å². The van der Waals surface area contributed by atoms with E-state index in [-0.39, 0.29) is 39.1 Å². The Kier molecular flexibility index (Phi) is 31.3. The normalized spacial score (nSPS) is 14.2. The third-order valence-electron chi connectivity index (χ3n) is 9.94. The largest absolute Gasteiger partial charge is 0.462 e. The van der Waals surface area contributed by atoms with E-state index in [2.05, 4.69) is 31.3 Å². The smallest absolute Gasteiger partial charge is 0.407 e. The zero-order chi connectivity index (χ0) is 39.5. The van der Waals surface area contributed by atoms with Gasteiger partial charge in [-0.3, -0.25) is 14.5 Å². The van der Waals surface area contributed by atoms with Gasteiger partial charge >= 0.3 is 24.2 Å². The molecule has 54 heavy (non-hydrogen) atoms. The van der Waals surface area contributed by atoms with Gasteiger partial charge in [0.2, 0.25) is 0 Å². The van der Waals surface area contributed by atoms with Crippen LogP contribution in [0.25, 0.3) is 0 Å². The van der Waals surface area contributed by atoms with Crippen LogP contribution < -0.4 is 5.32 Å². The number of ether oxygens (including phenoxy) is 3. The molecule has 0 aromatic carbocycles. The molecule has 1 N–H and O–H groups in total. The van der Waals surface area contributed by atoms with E-state index in [1.165, 1.54) is 101 Å². The van der Waals surface area contributed by atoms with E-state index in [0.29, 0.717) is 12.8 Å². The Morgan fingerprint density at radius 1 is 0.611 bits per heavy atom. The van der Waals surface area contributed by atoms with Crippen molar-refractivity contribution < 1.29 is 41.8 Å². The van der Waals surface area contributed by atoms with Gasteiger partial charge in [0.15, 0.2) is 6.10 Å². The Morgan fingerprint density at radius 2 is 0.981 bits per heavy atom. The summed E-state index contributed by atoms with van der Waals surface area (Å²) in [5.41, 5.74) is 0. The lowest BCUT2D eigenvalue weighted by Gasteiger charge is -2.39. The molecule has 0 spiro atoms. The number of carbonyl (C=O) groups is 3. The molecule has 1 saturated heterocycles. The van der Waals surface area contributed by atoms with Crippen molar-refractivity contribution in [3.63, 3.8) is 0 Å².